The monoisotopic (exact) mass is 250 g/mol. The van der Waals surface area contributed by atoms with Gasteiger partial charge in [0.05, 0.1) is 4.95 Å². The second kappa shape index (κ2) is 3.02. The minimum absolute atomic E-state index is 0.406. The van der Waals surface area contributed by atoms with E-state index in [4.69, 9.17) is 0 Å². The van der Waals surface area contributed by atoms with Crippen molar-refractivity contribution in [2.75, 3.05) is 5.32 Å². The summed E-state index contributed by atoms with van der Waals surface area (Å²) >= 11 is 3.58. The summed E-state index contributed by atoms with van der Waals surface area (Å²) < 4.78 is 0. The lowest BCUT2D eigenvalue weighted by atomic mass is 10.1. The quantitative estimate of drug-likeness (QED) is 0.546. The summed E-state index contributed by atoms with van der Waals surface area (Å²) in [7, 11) is 0. The molecule has 3 rings (SSSR count). The van der Waals surface area contributed by atoms with E-state index in [1.807, 2.05) is 0 Å². The number of fused-ring (bicyclic) bond motifs is 3. The standard InChI is InChI=1S/C11H11BrN2/c12-10-6-5-8-7-3-1-2-4-9(7)13-11(8)14-10/h1-4,10,13-14H,5-6H2. The van der Waals surface area contributed by atoms with Crippen LogP contribution in [0.2, 0.25) is 0 Å². The molecule has 1 aliphatic rings. The van der Waals surface area contributed by atoms with E-state index < -0.39 is 0 Å². The number of alkyl halides is 1. The lowest BCUT2D eigenvalue weighted by Gasteiger charge is -2.19. The Labute approximate surface area is 90.8 Å². The fraction of sp³-hybridized carbons (Fsp3) is 0.273. The van der Waals surface area contributed by atoms with Gasteiger partial charge in [-0.2, -0.15) is 0 Å². The molecule has 0 bridgehead atoms. The van der Waals surface area contributed by atoms with Gasteiger partial charge < -0.3 is 10.3 Å². The van der Waals surface area contributed by atoms with Crippen molar-refractivity contribution in [3.05, 3.63) is 29.8 Å². The van der Waals surface area contributed by atoms with Gasteiger partial charge in [0.15, 0.2) is 0 Å². The first kappa shape index (κ1) is 8.36. The molecule has 0 saturated heterocycles. The lowest BCUT2D eigenvalue weighted by Crippen LogP contribution is -2.18. The summed E-state index contributed by atoms with van der Waals surface area (Å²) in [5.74, 6) is 1.18. The number of halogens is 1. The van der Waals surface area contributed by atoms with Crippen molar-refractivity contribution < 1.29 is 0 Å². The van der Waals surface area contributed by atoms with E-state index in [0.717, 1.165) is 12.8 Å². The molecule has 2 nitrogen and oxygen atoms in total. The largest absolute Gasteiger partial charge is 0.359 e. The zero-order chi connectivity index (χ0) is 9.54. The molecule has 2 aromatic rings. The summed E-state index contributed by atoms with van der Waals surface area (Å²) in [5, 5.41) is 4.77. The van der Waals surface area contributed by atoms with Crippen molar-refractivity contribution in [2.45, 2.75) is 17.8 Å². The molecule has 2 heterocycles. The number of hydrogen-bond donors (Lipinski definition) is 2. The third-order valence-corrected chi connectivity index (χ3v) is 3.45. The van der Waals surface area contributed by atoms with Gasteiger partial charge in [0.2, 0.25) is 0 Å². The van der Waals surface area contributed by atoms with Gasteiger partial charge in [-0.25, -0.2) is 0 Å². The van der Waals surface area contributed by atoms with Crippen LogP contribution in [0.3, 0.4) is 0 Å². The maximum Gasteiger partial charge on any atom is 0.108 e. The highest BCUT2D eigenvalue weighted by Gasteiger charge is 2.18. The third kappa shape index (κ3) is 1.16. The Bertz CT molecular complexity index is 475. The van der Waals surface area contributed by atoms with Crippen molar-refractivity contribution >= 4 is 32.7 Å². The molecule has 72 valence electrons. The van der Waals surface area contributed by atoms with Crippen molar-refractivity contribution in [3.8, 4) is 0 Å². The molecule has 14 heavy (non-hydrogen) atoms. The molecular weight excluding hydrogens is 240 g/mol. The molecule has 1 aromatic heterocycles. The maximum atomic E-state index is 3.58. The van der Waals surface area contributed by atoms with Gasteiger partial charge in [0, 0.05) is 16.5 Å². The van der Waals surface area contributed by atoms with Crippen molar-refractivity contribution in [3.63, 3.8) is 0 Å². The van der Waals surface area contributed by atoms with E-state index >= 15 is 0 Å². The van der Waals surface area contributed by atoms with Crippen LogP contribution in [-0.4, -0.2) is 9.94 Å². The number of benzene rings is 1. The van der Waals surface area contributed by atoms with Crippen LogP contribution in [-0.2, 0) is 6.42 Å². The second-order valence-corrected chi connectivity index (χ2v) is 4.78. The molecule has 2 N–H and O–H groups in total. The normalized spacial score (nSPS) is 20.5. The third-order valence-electron chi connectivity index (χ3n) is 2.76. The van der Waals surface area contributed by atoms with Gasteiger partial charge in [0.1, 0.15) is 5.82 Å². The minimum Gasteiger partial charge on any atom is -0.359 e. The van der Waals surface area contributed by atoms with Gasteiger partial charge in [-0.3, -0.25) is 0 Å². The molecule has 3 heteroatoms. The van der Waals surface area contributed by atoms with Crippen molar-refractivity contribution in [2.24, 2.45) is 0 Å². The lowest BCUT2D eigenvalue weighted by molar-refractivity contribution is 0.800. The fourth-order valence-corrected chi connectivity index (χ4v) is 2.54. The summed E-state index contributed by atoms with van der Waals surface area (Å²) in [4.78, 5) is 3.81. The van der Waals surface area contributed by atoms with Crippen LogP contribution in [0, 0.1) is 0 Å². The number of aromatic nitrogens is 1. The number of nitrogens with one attached hydrogen (secondary N) is 2. The molecule has 0 saturated carbocycles. The molecule has 1 atom stereocenters. The average molecular weight is 251 g/mol. The van der Waals surface area contributed by atoms with E-state index in [1.165, 1.54) is 22.3 Å². The molecule has 0 spiro atoms. The molecule has 0 radical (unpaired) electrons. The zero-order valence-corrected chi connectivity index (χ0v) is 9.26. The van der Waals surface area contributed by atoms with Crippen LogP contribution in [0.5, 0.6) is 0 Å². The molecule has 0 amide bonds. The van der Waals surface area contributed by atoms with Crippen LogP contribution in [0.4, 0.5) is 5.82 Å². The number of rotatable bonds is 0. The van der Waals surface area contributed by atoms with Crippen molar-refractivity contribution in [1.82, 2.24) is 4.98 Å². The first-order valence-electron chi connectivity index (χ1n) is 4.85. The van der Waals surface area contributed by atoms with Crippen LogP contribution < -0.4 is 5.32 Å². The van der Waals surface area contributed by atoms with Gasteiger partial charge in [-0.15, -0.1) is 0 Å². The molecule has 0 aliphatic carbocycles. The van der Waals surface area contributed by atoms with Gasteiger partial charge >= 0.3 is 0 Å². The summed E-state index contributed by atoms with van der Waals surface area (Å²) in [6, 6.07) is 8.46. The number of anilines is 1. The second-order valence-electron chi connectivity index (χ2n) is 3.67. The number of aryl methyl sites for hydroxylation is 1. The molecular formula is C11H11BrN2. The topological polar surface area (TPSA) is 27.8 Å². The SMILES string of the molecule is BrC1CCc2c([nH]c3ccccc23)N1. The Morgan fingerprint density at radius 3 is 3.07 bits per heavy atom. The Morgan fingerprint density at radius 2 is 2.14 bits per heavy atom. The predicted molar refractivity (Wildman–Crippen MR) is 63.0 cm³/mol. The first-order valence-corrected chi connectivity index (χ1v) is 5.76. The molecule has 1 aromatic carbocycles. The highest BCUT2D eigenvalue weighted by molar-refractivity contribution is 9.09. The number of aromatic amines is 1. The number of hydrogen-bond acceptors (Lipinski definition) is 1. The molecule has 1 aliphatic heterocycles. The van der Waals surface area contributed by atoms with Gasteiger partial charge in [0.25, 0.3) is 0 Å². The summed E-state index contributed by atoms with van der Waals surface area (Å²) in [6.45, 7) is 0. The fourth-order valence-electron chi connectivity index (χ4n) is 2.08. The van der Waals surface area contributed by atoms with E-state index in [2.05, 4.69) is 50.5 Å². The van der Waals surface area contributed by atoms with Gasteiger partial charge in [-0.1, -0.05) is 34.1 Å². The maximum absolute atomic E-state index is 3.58. The highest BCUT2D eigenvalue weighted by Crippen LogP contribution is 2.32. The predicted octanol–water partition coefficient (Wildman–Crippen LogP) is 3.25. The zero-order valence-electron chi connectivity index (χ0n) is 7.68. The average Bonchev–Trinajstić information content (AvgIpc) is 2.54. The Hall–Kier alpha value is -0.960. The van der Waals surface area contributed by atoms with Crippen LogP contribution >= 0.6 is 15.9 Å². The van der Waals surface area contributed by atoms with E-state index in [-0.39, 0.29) is 0 Å². The highest BCUT2D eigenvalue weighted by atomic mass is 79.9. The van der Waals surface area contributed by atoms with E-state index in [1.54, 1.807) is 0 Å². The van der Waals surface area contributed by atoms with Crippen molar-refractivity contribution in [1.29, 1.82) is 0 Å². The Kier molecular flexibility index (Phi) is 1.80. The minimum atomic E-state index is 0.406. The number of H-pyrrole nitrogens is 1. The number of para-hydroxylation sites is 1. The molecule has 1 unspecified atom stereocenters. The Morgan fingerprint density at radius 1 is 1.29 bits per heavy atom. The summed E-state index contributed by atoms with van der Waals surface area (Å²) in [5.41, 5.74) is 2.66. The van der Waals surface area contributed by atoms with Crippen LogP contribution in [0.15, 0.2) is 24.3 Å². The van der Waals surface area contributed by atoms with E-state index in [0.29, 0.717) is 4.95 Å². The smallest absolute Gasteiger partial charge is 0.108 e. The molecule has 0 fully saturated rings. The van der Waals surface area contributed by atoms with E-state index in [9.17, 15) is 0 Å². The van der Waals surface area contributed by atoms with Gasteiger partial charge in [-0.05, 0) is 18.9 Å². The van der Waals surface area contributed by atoms with Crippen LogP contribution in [0.1, 0.15) is 12.0 Å². The van der Waals surface area contributed by atoms with Crippen LogP contribution in [0.25, 0.3) is 10.9 Å². The Balaban J connectivity index is 2.24. The first-order chi connectivity index (χ1) is 6.84. The summed E-state index contributed by atoms with van der Waals surface area (Å²) in [6.07, 6.45) is 2.29.